The van der Waals surface area contributed by atoms with Gasteiger partial charge in [-0.1, -0.05) is 0 Å². The fraction of sp³-hybridized carbons (Fsp3) is 0.300. The summed E-state index contributed by atoms with van der Waals surface area (Å²) < 4.78 is 23.1. The highest BCUT2D eigenvalue weighted by molar-refractivity contribution is 5.43. The molecule has 1 saturated heterocycles. The van der Waals surface area contributed by atoms with E-state index in [1.54, 1.807) is 0 Å². The van der Waals surface area contributed by atoms with Crippen LogP contribution in [0.4, 0.5) is 4.39 Å². The Morgan fingerprint density at radius 2 is 2.36 bits per heavy atom. The van der Waals surface area contributed by atoms with Crippen LogP contribution in [0.25, 0.3) is 0 Å². The van der Waals surface area contributed by atoms with E-state index in [4.69, 9.17) is 14.7 Å². The lowest BCUT2D eigenvalue weighted by Gasteiger charge is -2.27. The Labute approximate surface area is 80.7 Å². The fourth-order valence-corrected chi connectivity index (χ4v) is 1.14. The van der Waals surface area contributed by atoms with Gasteiger partial charge in [-0.15, -0.1) is 0 Å². The molecule has 1 fully saturated rings. The molecule has 72 valence electrons. The highest BCUT2D eigenvalue weighted by atomic mass is 19.1. The van der Waals surface area contributed by atoms with Crippen LogP contribution in [0.3, 0.4) is 0 Å². The summed E-state index contributed by atoms with van der Waals surface area (Å²) in [7, 11) is 0. The Morgan fingerprint density at radius 1 is 1.57 bits per heavy atom. The van der Waals surface area contributed by atoms with Crippen LogP contribution >= 0.6 is 0 Å². The van der Waals surface area contributed by atoms with Gasteiger partial charge in [0.1, 0.15) is 17.6 Å². The summed E-state index contributed by atoms with van der Waals surface area (Å²) >= 11 is 0. The number of nitriles is 1. The maximum absolute atomic E-state index is 12.7. The van der Waals surface area contributed by atoms with E-state index < -0.39 is 5.82 Å². The van der Waals surface area contributed by atoms with Crippen LogP contribution in [0.2, 0.25) is 0 Å². The number of ether oxygens (including phenoxy) is 2. The number of nitrogens with zero attached hydrogens (tertiary/aromatic N) is 1. The first-order valence-electron chi connectivity index (χ1n) is 4.27. The van der Waals surface area contributed by atoms with Crippen molar-refractivity contribution < 1.29 is 13.9 Å². The van der Waals surface area contributed by atoms with Gasteiger partial charge in [0.05, 0.1) is 12.2 Å². The van der Waals surface area contributed by atoms with Gasteiger partial charge in [0, 0.05) is 6.42 Å². The van der Waals surface area contributed by atoms with Crippen LogP contribution in [0.15, 0.2) is 18.2 Å². The second-order valence-corrected chi connectivity index (χ2v) is 2.96. The first-order chi connectivity index (χ1) is 6.79. The summed E-state index contributed by atoms with van der Waals surface area (Å²) in [6.45, 7) is 0.674. The third kappa shape index (κ3) is 1.68. The molecule has 1 aliphatic heterocycles. The van der Waals surface area contributed by atoms with Gasteiger partial charge < -0.3 is 9.47 Å². The summed E-state index contributed by atoms with van der Waals surface area (Å²) in [6, 6.07) is 5.72. The minimum atomic E-state index is -0.441. The summed E-state index contributed by atoms with van der Waals surface area (Å²) in [6.07, 6.45) is 0.523. The number of hydrogen-bond acceptors (Lipinski definition) is 3. The first kappa shape index (κ1) is 8.97. The summed E-state index contributed by atoms with van der Waals surface area (Å²) in [5, 5.41) is 8.71. The van der Waals surface area contributed by atoms with Gasteiger partial charge in [-0.3, -0.25) is 0 Å². The zero-order chi connectivity index (χ0) is 9.97. The van der Waals surface area contributed by atoms with E-state index in [9.17, 15) is 4.39 Å². The highest BCUT2D eigenvalue weighted by Crippen LogP contribution is 2.23. The molecule has 0 aliphatic carbocycles. The Hall–Kier alpha value is -1.60. The van der Waals surface area contributed by atoms with Gasteiger partial charge in [0.15, 0.2) is 0 Å². The smallest absolute Gasteiger partial charge is 0.202 e. The lowest BCUT2D eigenvalue weighted by Crippen LogP contribution is -2.32. The van der Waals surface area contributed by atoms with Crippen molar-refractivity contribution >= 4 is 0 Å². The molecule has 4 heteroatoms. The fourth-order valence-electron chi connectivity index (χ4n) is 1.14. The third-order valence-electron chi connectivity index (χ3n) is 1.98. The van der Waals surface area contributed by atoms with Gasteiger partial charge in [-0.2, -0.15) is 5.26 Å². The molecule has 14 heavy (non-hydrogen) atoms. The molecule has 0 saturated carbocycles. The van der Waals surface area contributed by atoms with Crippen LogP contribution in [0.1, 0.15) is 12.0 Å². The largest absolute Gasteiger partial charge is 0.463 e. The lowest BCUT2D eigenvalue weighted by molar-refractivity contribution is -0.165. The Bertz CT molecular complexity index is 382. The average molecular weight is 193 g/mol. The third-order valence-corrected chi connectivity index (χ3v) is 1.98. The van der Waals surface area contributed by atoms with Crippen molar-refractivity contribution in [1.82, 2.24) is 0 Å². The molecule has 0 amide bonds. The molecule has 3 nitrogen and oxygen atoms in total. The van der Waals surface area contributed by atoms with Crippen LogP contribution in [0, 0.1) is 17.1 Å². The normalized spacial score (nSPS) is 19.6. The number of hydrogen-bond donors (Lipinski definition) is 0. The Morgan fingerprint density at radius 3 is 2.93 bits per heavy atom. The maximum atomic E-state index is 12.7. The summed E-state index contributed by atoms with van der Waals surface area (Å²) in [5.74, 6) is -0.0676. The van der Waals surface area contributed by atoms with E-state index in [1.165, 1.54) is 12.1 Å². The SMILES string of the molecule is N#Cc1cc(F)ccc1OC1CCO1. The average Bonchev–Trinajstić information content (AvgIpc) is 2.13. The molecule has 1 heterocycles. The van der Waals surface area contributed by atoms with Crippen molar-refractivity contribution in [3.63, 3.8) is 0 Å². The predicted octanol–water partition coefficient (Wildman–Crippen LogP) is 1.82. The first-order valence-corrected chi connectivity index (χ1v) is 4.27. The van der Waals surface area contributed by atoms with Crippen LogP contribution < -0.4 is 4.74 Å². The van der Waals surface area contributed by atoms with Crippen molar-refractivity contribution in [3.05, 3.63) is 29.6 Å². The molecule has 1 atom stereocenters. The molecule has 0 aromatic heterocycles. The molecular formula is C10H8FNO2. The Balaban J connectivity index is 2.19. The minimum absolute atomic E-state index is 0.195. The van der Waals surface area contributed by atoms with Gasteiger partial charge in [-0.05, 0) is 18.2 Å². The predicted molar refractivity (Wildman–Crippen MR) is 46.1 cm³/mol. The van der Waals surface area contributed by atoms with E-state index in [0.29, 0.717) is 12.4 Å². The van der Waals surface area contributed by atoms with E-state index >= 15 is 0 Å². The second kappa shape index (κ2) is 3.64. The molecule has 0 radical (unpaired) electrons. The van der Waals surface area contributed by atoms with E-state index in [2.05, 4.69) is 0 Å². The molecular weight excluding hydrogens is 185 g/mol. The standard InChI is InChI=1S/C10H8FNO2/c11-8-1-2-9(7(5-8)6-12)14-10-3-4-13-10/h1-2,5,10H,3-4H2. The quantitative estimate of drug-likeness (QED) is 0.719. The van der Waals surface area contributed by atoms with E-state index in [0.717, 1.165) is 12.5 Å². The van der Waals surface area contributed by atoms with Crippen LogP contribution in [0.5, 0.6) is 5.75 Å². The maximum Gasteiger partial charge on any atom is 0.202 e. The molecule has 0 bridgehead atoms. The van der Waals surface area contributed by atoms with E-state index in [-0.39, 0.29) is 11.9 Å². The van der Waals surface area contributed by atoms with Crippen LogP contribution in [-0.2, 0) is 4.74 Å². The van der Waals surface area contributed by atoms with Gasteiger partial charge in [0.25, 0.3) is 0 Å². The van der Waals surface area contributed by atoms with Gasteiger partial charge >= 0.3 is 0 Å². The van der Waals surface area contributed by atoms with Gasteiger partial charge in [-0.25, -0.2) is 4.39 Å². The van der Waals surface area contributed by atoms with E-state index in [1.807, 2.05) is 6.07 Å². The number of rotatable bonds is 2. The zero-order valence-electron chi connectivity index (χ0n) is 7.37. The number of halogens is 1. The summed E-state index contributed by atoms with van der Waals surface area (Å²) in [5.41, 5.74) is 0.195. The number of benzene rings is 1. The highest BCUT2D eigenvalue weighted by Gasteiger charge is 2.21. The molecule has 0 N–H and O–H groups in total. The van der Waals surface area contributed by atoms with Crippen LogP contribution in [-0.4, -0.2) is 12.9 Å². The molecule has 1 aliphatic rings. The van der Waals surface area contributed by atoms with Crippen molar-refractivity contribution in [2.24, 2.45) is 0 Å². The molecule has 1 aromatic rings. The zero-order valence-corrected chi connectivity index (χ0v) is 7.37. The molecule has 1 aromatic carbocycles. The monoisotopic (exact) mass is 193 g/mol. The lowest BCUT2D eigenvalue weighted by atomic mass is 10.2. The summed E-state index contributed by atoms with van der Waals surface area (Å²) in [4.78, 5) is 0. The second-order valence-electron chi connectivity index (χ2n) is 2.96. The molecule has 1 unspecified atom stereocenters. The Kier molecular flexibility index (Phi) is 2.33. The van der Waals surface area contributed by atoms with Gasteiger partial charge in [0.2, 0.25) is 6.29 Å². The molecule has 0 spiro atoms. The molecule has 2 rings (SSSR count). The van der Waals surface area contributed by atoms with Crippen molar-refractivity contribution in [1.29, 1.82) is 5.26 Å². The minimum Gasteiger partial charge on any atom is -0.463 e. The van der Waals surface area contributed by atoms with Crippen molar-refractivity contribution in [3.8, 4) is 11.8 Å². The van der Waals surface area contributed by atoms with Crippen molar-refractivity contribution in [2.45, 2.75) is 12.7 Å². The topological polar surface area (TPSA) is 42.2 Å². The van der Waals surface area contributed by atoms with Crippen molar-refractivity contribution in [2.75, 3.05) is 6.61 Å².